The second-order valence-electron chi connectivity index (χ2n) is 6.23. The maximum atomic E-state index is 5.35. The first-order chi connectivity index (χ1) is 11.8. The third-order valence-corrected chi connectivity index (χ3v) is 5.55. The monoisotopic (exact) mass is 346 g/mol. The topological polar surface area (TPSA) is 52.8 Å². The fourth-order valence-corrected chi connectivity index (χ4v) is 4.40. The maximum Gasteiger partial charge on any atom is 0.191 e. The molecule has 2 aromatic rings. The van der Waals surface area contributed by atoms with Crippen LogP contribution in [0.3, 0.4) is 0 Å². The van der Waals surface area contributed by atoms with Gasteiger partial charge in [0.15, 0.2) is 5.96 Å². The van der Waals surface area contributed by atoms with Gasteiger partial charge >= 0.3 is 0 Å². The van der Waals surface area contributed by atoms with Gasteiger partial charge in [-0.3, -0.25) is 9.89 Å². The first kappa shape index (κ1) is 17.0. The van der Waals surface area contributed by atoms with Crippen molar-refractivity contribution in [3.63, 3.8) is 0 Å². The second kappa shape index (κ2) is 8.35. The summed E-state index contributed by atoms with van der Waals surface area (Å²) in [5, 5.41) is 8.97. The molecule has 130 valence electrons. The van der Waals surface area contributed by atoms with Gasteiger partial charge in [0.2, 0.25) is 0 Å². The molecule has 1 aliphatic heterocycles. The van der Waals surface area contributed by atoms with Crippen molar-refractivity contribution in [3.05, 3.63) is 46.5 Å². The molecule has 3 rings (SSSR count). The van der Waals surface area contributed by atoms with E-state index in [-0.39, 0.29) is 0 Å². The molecule has 0 amide bonds. The predicted octanol–water partition coefficient (Wildman–Crippen LogP) is 3.09. The van der Waals surface area contributed by atoms with Crippen molar-refractivity contribution < 1.29 is 4.42 Å². The molecule has 0 aromatic carbocycles. The normalized spacial score (nSPS) is 22.5. The molecule has 2 atom stereocenters. The number of hydrogen-bond donors (Lipinski definition) is 2. The summed E-state index contributed by atoms with van der Waals surface area (Å²) >= 11 is 1.86. The van der Waals surface area contributed by atoms with Crippen molar-refractivity contribution in [1.82, 2.24) is 15.5 Å². The van der Waals surface area contributed by atoms with Crippen molar-refractivity contribution in [1.29, 1.82) is 0 Å². The number of guanidine groups is 1. The van der Waals surface area contributed by atoms with Crippen LogP contribution in [0.25, 0.3) is 0 Å². The molecule has 2 aromatic heterocycles. The lowest BCUT2D eigenvalue weighted by Gasteiger charge is -2.39. The van der Waals surface area contributed by atoms with Gasteiger partial charge < -0.3 is 15.1 Å². The minimum atomic E-state index is 0.495. The number of hydrogen-bond acceptors (Lipinski definition) is 4. The molecule has 24 heavy (non-hydrogen) atoms. The minimum Gasteiger partial charge on any atom is -0.467 e. The Morgan fingerprint density at radius 1 is 1.38 bits per heavy atom. The van der Waals surface area contributed by atoms with Gasteiger partial charge in [-0.25, -0.2) is 0 Å². The summed E-state index contributed by atoms with van der Waals surface area (Å²) in [6, 6.07) is 8.76. The summed E-state index contributed by atoms with van der Waals surface area (Å²) < 4.78 is 5.35. The smallest absolute Gasteiger partial charge is 0.191 e. The van der Waals surface area contributed by atoms with E-state index in [1.165, 1.54) is 24.3 Å². The van der Waals surface area contributed by atoms with E-state index in [1.807, 2.05) is 23.5 Å². The van der Waals surface area contributed by atoms with Gasteiger partial charge in [-0.2, -0.15) is 0 Å². The van der Waals surface area contributed by atoms with E-state index in [9.17, 15) is 0 Å². The predicted molar refractivity (Wildman–Crippen MR) is 99.3 cm³/mol. The molecule has 0 spiro atoms. The molecule has 1 fully saturated rings. The highest BCUT2D eigenvalue weighted by molar-refractivity contribution is 7.10. The second-order valence-corrected chi connectivity index (χ2v) is 7.21. The van der Waals surface area contributed by atoms with Crippen LogP contribution in [0.4, 0.5) is 0 Å². The van der Waals surface area contributed by atoms with E-state index in [1.54, 1.807) is 13.3 Å². The Kier molecular flexibility index (Phi) is 5.93. The van der Waals surface area contributed by atoms with Crippen molar-refractivity contribution in [2.24, 2.45) is 10.9 Å². The first-order valence-electron chi connectivity index (χ1n) is 8.48. The number of aliphatic imine (C=N–C) groups is 1. The van der Waals surface area contributed by atoms with Crippen LogP contribution in [-0.4, -0.2) is 38.0 Å². The zero-order valence-corrected chi connectivity index (χ0v) is 15.2. The molecule has 2 N–H and O–H groups in total. The summed E-state index contributed by atoms with van der Waals surface area (Å²) in [5.74, 6) is 2.32. The Bertz CT molecular complexity index is 624. The van der Waals surface area contributed by atoms with Gasteiger partial charge in [0, 0.05) is 24.5 Å². The lowest BCUT2D eigenvalue weighted by atomic mass is 9.88. The Balaban J connectivity index is 1.56. The summed E-state index contributed by atoms with van der Waals surface area (Å²) in [6.07, 6.45) is 4.19. The minimum absolute atomic E-state index is 0.495. The fraction of sp³-hybridized carbons (Fsp3) is 0.500. The van der Waals surface area contributed by atoms with Crippen LogP contribution in [0.5, 0.6) is 0 Å². The standard InChI is InChI=1S/C18H26N4OS/c1-19-18(21-13-15-7-4-10-23-15)20-12-14-6-3-9-22(2)17(14)16-8-5-11-24-16/h4-5,7-8,10-11,14,17H,3,6,9,12-13H2,1-2H3,(H2,19,20,21)/t14-,17-/m0/s1. The number of nitrogens with zero attached hydrogens (tertiary/aromatic N) is 2. The highest BCUT2D eigenvalue weighted by Gasteiger charge is 2.31. The van der Waals surface area contributed by atoms with Gasteiger partial charge in [0.05, 0.1) is 12.8 Å². The third kappa shape index (κ3) is 4.19. The number of piperidine rings is 1. The molecule has 1 aliphatic rings. The first-order valence-corrected chi connectivity index (χ1v) is 9.36. The van der Waals surface area contributed by atoms with Crippen LogP contribution in [0.15, 0.2) is 45.3 Å². The van der Waals surface area contributed by atoms with Gasteiger partial charge in [0.1, 0.15) is 5.76 Å². The largest absolute Gasteiger partial charge is 0.467 e. The molecule has 5 nitrogen and oxygen atoms in total. The van der Waals surface area contributed by atoms with E-state index in [2.05, 4.69) is 45.1 Å². The van der Waals surface area contributed by atoms with Gasteiger partial charge in [-0.05, 0) is 55.9 Å². The van der Waals surface area contributed by atoms with Crippen LogP contribution in [-0.2, 0) is 6.54 Å². The van der Waals surface area contributed by atoms with Crippen LogP contribution >= 0.6 is 11.3 Å². The molecular weight excluding hydrogens is 320 g/mol. The molecule has 0 aliphatic carbocycles. The quantitative estimate of drug-likeness (QED) is 0.645. The zero-order chi connectivity index (χ0) is 16.8. The number of thiophene rings is 1. The van der Waals surface area contributed by atoms with E-state index in [4.69, 9.17) is 4.42 Å². The Labute approximate surface area is 147 Å². The van der Waals surface area contributed by atoms with Crippen molar-refractivity contribution in [2.45, 2.75) is 25.4 Å². The summed E-state index contributed by atoms with van der Waals surface area (Å²) in [6.45, 7) is 2.74. The van der Waals surface area contributed by atoms with Gasteiger partial charge in [-0.15, -0.1) is 11.3 Å². The molecule has 6 heteroatoms. The fourth-order valence-electron chi connectivity index (χ4n) is 3.41. The average molecular weight is 346 g/mol. The van der Waals surface area contributed by atoms with Crippen LogP contribution in [0.1, 0.15) is 29.5 Å². The van der Waals surface area contributed by atoms with Crippen LogP contribution < -0.4 is 10.6 Å². The van der Waals surface area contributed by atoms with Gasteiger partial charge in [0.25, 0.3) is 0 Å². The van der Waals surface area contributed by atoms with Gasteiger partial charge in [-0.1, -0.05) is 6.07 Å². The molecule has 0 saturated carbocycles. The number of furan rings is 1. The van der Waals surface area contributed by atoms with E-state index in [0.717, 1.165) is 18.3 Å². The molecule has 1 saturated heterocycles. The van der Waals surface area contributed by atoms with Crippen LogP contribution in [0.2, 0.25) is 0 Å². The summed E-state index contributed by atoms with van der Waals surface area (Å²) in [4.78, 5) is 8.27. The Hall–Kier alpha value is -1.79. The van der Waals surface area contributed by atoms with Crippen molar-refractivity contribution >= 4 is 17.3 Å². The molecule has 0 unspecified atom stereocenters. The molecular formula is C18H26N4OS. The molecule has 0 bridgehead atoms. The average Bonchev–Trinajstić information content (AvgIpc) is 3.29. The van der Waals surface area contributed by atoms with Crippen LogP contribution in [0, 0.1) is 5.92 Å². The SMILES string of the molecule is CN=C(NCc1ccco1)NC[C@@H]1CCCN(C)[C@@H]1c1cccs1. The highest BCUT2D eigenvalue weighted by atomic mass is 32.1. The lowest BCUT2D eigenvalue weighted by molar-refractivity contribution is 0.125. The van der Waals surface area contributed by atoms with Crippen molar-refractivity contribution in [2.75, 3.05) is 27.2 Å². The lowest BCUT2D eigenvalue weighted by Crippen LogP contribution is -2.44. The van der Waals surface area contributed by atoms with E-state index in [0.29, 0.717) is 18.5 Å². The number of likely N-dealkylation sites (tertiary alicyclic amines) is 1. The zero-order valence-electron chi connectivity index (χ0n) is 14.4. The van der Waals surface area contributed by atoms with E-state index < -0.39 is 0 Å². The summed E-state index contributed by atoms with van der Waals surface area (Å²) in [5.41, 5.74) is 0. The van der Waals surface area contributed by atoms with E-state index >= 15 is 0 Å². The maximum absolute atomic E-state index is 5.35. The number of nitrogens with one attached hydrogen (secondary N) is 2. The number of rotatable bonds is 5. The summed E-state index contributed by atoms with van der Waals surface area (Å²) in [7, 11) is 4.04. The van der Waals surface area contributed by atoms with Crippen molar-refractivity contribution in [3.8, 4) is 0 Å². The third-order valence-electron chi connectivity index (χ3n) is 4.61. The Morgan fingerprint density at radius 2 is 2.29 bits per heavy atom. The highest BCUT2D eigenvalue weighted by Crippen LogP contribution is 2.36. The molecule has 3 heterocycles. The molecule has 0 radical (unpaired) electrons. The Morgan fingerprint density at radius 3 is 3.00 bits per heavy atom.